The van der Waals surface area contributed by atoms with E-state index < -0.39 is 0 Å². The van der Waals surface area contributed by atoms with Crippen LogP contribution in [0.15, 0.2) is 0 Å². The van der Waals surface area contributed by atoms with Gasteiger partial charge in [-0.15, -0.1) is 0 Å². The Hall–Kier alpha value is -0.0800. The first-order valence-electron chi connectivity index (χ1n) is 8.97. The lowest BCUT2D eigenvalue weighted by atomic mass is 9.87. The summed E-state index contributed by atoms with van der Waals surface area (Å²) in [6.45, 7) is 15.5. The monoisotopic (exact) mass is 282 g/mol. The molecule has 0 bridgehead atoms. The molecule has 1 fully saturated rings. The maximum Gasteiger partial charge on any atom is 0.0306 e. The third kappa shape index (κ3) is 5.73. The molecule has 0 radical (unpaired) electrons. The number of hydrogen-bond acceptors (Lipinski definition) is 2. The molecule has 1 atom stereocenters. The van der Waals surface area contributed by atoms with Crippen molar-refractivity contribution in [1.82, 2.24) is 10.2 Å². The minimum absolute atomic E-state index is 0.289. The van der Waals surface area contributed by atoms with Crippen LogP contribution in [0.3, 0.4) is 0 Å². The number of likely N-dealkylation sites (N-methyl/N-ethyl adjacent to an activating group) is 1. The Labute approximate surface area is 127 Å². The molecule has 0 aromatic rings. The van der Waals surface area contributed by atoms with Crippen molar-refractivity contribution in [2.24, 2.45) is 5.92 Å². The zero-order chi connectivity index (χ0) is 15.0. The van der Waals surface area contributed by atoms with Crippen molar-refractivity contribution in [2.45, 2.75) is 91.1 Å². The lowest BCUT2D eigenvalue weighted by Gasteiger charge is -2.44. The summed E-state index contributed by atoms with van der Waals surface area (Å²) in [4.78, 5) is 2.75. The van der Waals surface area contributed by atoms with Gasteiger partial charge in [0.1, 0.15) is 0 Å². The lowest BCUT2D eigenvalue weighted by molar-refractivity contribution is 0.0792. The summed E-state index contributed by atoms with van der Waals surface area (Å²) in [5.41, 5.74) is 0.289. The minimum Gasteiger partial charge on any atom is -0.312 e. The van der Waals surface area contributed by atoms with E-state index in [0.717, 1.165) is 12.5 Å². The molecule has 1 N–H and O–H groups in total. The Kier molecular flexibility index (Phi) is 8.13. The van der Waals surface area contributed by atoms with Crippen LogP contribution in [0.5, 0.6) is 0 Å². The Morgan fingerprint density at radius 1 is 1.00 bits per heavy atom. The van der Waals surface area contributed by atoms with Crippen molar-refractivity contribution < 1.29 is 0 Å². The molecule has 1 unspecified atom stereocenters. The predicted molar refractivity (Wildman–Crippen MR) is 90.3 cm³/mol. The van der Waals surface area contributed by atoms with Crippen LogP contribution in [0.1, 0.15) is 79.6 Å². The summed E-state index contributed by atoms with van der Waals surface area (Å²) >= 11 is 0. The zero-order valence-corrected chi connectivity index (χ0v) is 14.7. The van der Waals surface area contributed by atoms with Gasteiger partial charge in [-0.1, -0.05) is 46.5 Å². The third-order valence-electron chi connectivity index (χ3n) is 5.00. The van der Waals surface area contributed by atoms with Crippen molar-refractivity contribution in [3.05, 3.63) is 0 Å². The fraction of sp³-hybridized carbons (Fsp3) is 1.00. The average molecular weight is 283 g/mol. The standard InChI is InChI=1S/C18H38N2/c1-6-19-17(13-11-12-16(2)3)18(4,5)20-14-9-7-8-10-15-20/h16-17,19H,6-15H2,1-5H3. The molecule has 120 valence electrons. The molecule has 20 heavy (non-hydrogen) atoms. The quantitative estimate of drug-likeness (QED) is 0.708. The summed E-state index contributed by atoms with van der Waals surface area (Å²) in [5, 5.41) is 3.77. The minimum atomic E-state index is 0.289. The zero-order valence-electron chi connectivity index (χ0n) is 14.7. The predicted octanol–water partition coefficient (Wildman–Crippen LogP) is 4.45. The van der Waals surface area contributed by atoms with Gasteiger partial charge in [0.15, 0.2) is 0 Å². The van der Waals surface area contributed by atoms with Gasteiger partial charge >= 0.3 is 0 Å². The largest absolute Gasteiger partial charge is 0.312 e. The van der Waals surface area contributed by atoms with Gasteiger partial charge in [0.25, 0.3) is 0 Å². The smallest absolute Gasteiger partial charge is 0.0306 e. The number of nitrogens with zero attached hydrogens (tertiary/aromatic N) is 1. The molecule has 0 aliphatic carbocycles. The second-order valence-corrected chi connectivity index (χ2v) is 7.49. The Morgan fingerprint density at radius 3 is 2.10 bits per heavy atom. The molecule has 0 saturated carbocycles. The van der Waals surface area contributed by atoms with Gasteiger partial charge in [0.2, 0.25) is 0 Å². The van der Waals surface area contributed by atoms with Crippen molar-refractivity contribution in [2.75, 3.05) is 19.6 Å². The van der Waals surface area contributed by atoms with E-state index in [0.29, 0.717) is 6.04 Å². The van der Waals surface area contributed by atoms with E-state index in [4.69, 9.17) is 0 Å². The van der Waals surface area contributed by atoms with E-state index >= 15 is 0 Å². The molecule has 0 amide bonds. The maximum atomic E-state index is 3.77. The van der Waals surface area contributed by atoms with Crippen LogP contribution in [0, 0.1) is 5.92 Å². The normalized spacial score (nSPS) is 20.1. The fourth-order valence-corrected chi connectivity index (χ4v) is 3.55. The van der Waals surface area contributed by atoms with Gasteiger partial charge < -0.3 is 5.32 Å². The number of likely N-dealkylation sites (tertiary alicyclic amines) is 1. The van der Waals surface area contributed by atoms with Crippen molar-refractivity contribution in [3.63, 3.8) is 0 Å². The van der Waals surface area contributed by atoms with E-state index in [1.54, 1.807) is 0 Å². The molecule has 2 nitrogen and oxygen atoms in total. The Bertz CT molecular complexity index is 240. The summed E-state index contributed by atoms with van der Waals surface area (Å²) in [5.74, 6) is 0.832. The Balaban J connectivity index is 2.60. The van der Waals surface area contributed by atoms with Crippen LogP contribution in [0.2, 0.25) is 0 Å². The first-order chi connectivity index (χ1) is 9.48. The first kappa shape index (κ1) is 18.0. The van der Waals surface area contributed by atoms with Crippen LogP contribution >= 0.6 is 0 Å². The molecule has 2 heteroatoms. The van der Waals surface area contributed by atoms with Crippen LogP contribution in [0.25, 0.3) is 0 Å². The lowest BCUT2D eigenvalue weighted by Crippen LogP contribution is -2.58. The Morgan fingerprint density at radius 2 is 1.60 bits per heavy atom. The molecular formula is C18H38N2. The van der Waals surface area contributed by atoms with Gasteiger partial charge in [0, 0.05) is 11.6 Å². The summed E-state index contributed by atoms with van der Waals surface area (Å²) in [7, 11) is 0. The SMILES string of the molecule is CCNC(CCCC(C)C)C(C)(C)N1CCCCCC1. The highest BCUT2D eigenvalue weighted by molar-refractivity contribution is 4.94. The first-order valence-corrected chi connectivity index (χ1v) is 8.97. The second-order valence-electron chi connectivity index (χ2n) is 7.49. The fourth-order valence-electron chi connectivity index (χ4n) is 3.55. The highest BCUT2D eigenvalue weighted by Gasteiger charge is 2.34. The van der Waals surface area contributed by atoms with Gasteiger partial charge in [-0.25, -0.2) is 0 Å². The molecule has 1 aliphatic heterocycles. The molecule has 1 heterocycles. The molecule has 0 aromatic heterocycles. The maximum absolute atomic E-state index is 3.77. The summed E-state index contributed by atoms with van der Waals surface area (Å²) in [6.07, 6.45) is 9.64. The highest BCUT2D eigenvalue weighted by Crippen LogP contribution is 2.26. The van der Waals surface area contributed by atoms with Crippen molar-refractivity contribution in [3.8, 4) is 0 Å². The van der Waals surface area contributed by atoms with Crippen molar-refractivity contribution in [1.29, 1.82) is 0 Å². The van der Waals surface area contributed by atoms with E-state index in [9.17, 15) is 0 Å². The van der Waals surface area contributed by atoms with Crippen LogP contribution in [-0.2, 0) is 0 Å². The van der Waals surface area contributed by atoms with Crippen LogP contribution < -0.4 is 5.32 Å². The molecule has 0 spiro atoms. The molecule has 1 aliphatic rings. The van der Waals surface area contributed by atoms with E-state index in [1.165, 1.54) is 58.0 Å². The van der Waals surface area contributed by atoms with E-state index in [1.807, 2.05) is 0 Å². The third-order valence-corrected chi connectivity index (χ3v) is 5.00. The summed E-state index contributed by atoms with van der Waals surface area (Å²) in [6, 6.07) is 0.629. The van der Waals surface area contributed by atoms with Crippen LogP contribution in [0.4, 0.5) is 0 Å². The topological polar surface area (TPSA) is 15.3 Å². The number of hydrogen-bond donors (Lipinski definition) is 1. The van der Waals surface area contributed by atoms with E-state index in [2.05, 4.69) is 44.8 Å². The molecule has 1 saturated heterocycles. The summed E-state index contributed by atoms with van der Waals surface area (Å²) < 4.78 is 0. The van der Waals surface area contributed by atoms with Gasteiger partial charge in [-0.3, -0.25) is 4.90 Å². The van der Waals surface area contributed by atoms with Gasteiger partial charge in [-0.05, 0) is 58.7 Å². The number of rotatable bonds is 8. The molecular weight excluding hydrogens is 244 g/mol. The van der Waals surface area contributed by atoms with Crippen molar-refractivity contribution >= 4 is 0 Å². The second kappa shape index (κ2) is 9.04. The highest BCUT2D eigenvalue weighted by atomic mass is 15.2. The van der Waals surface area contributed by atoms with Gasteiger partial charge in [-0.2, -0.15) is 0 Å². The molecule has 0 aromatic carbocycles. The average Bonchev–Trinajstić information content (AvgIpc) is 2.66. The number of nitrogens with one attached hydrogen (secondary N) is 1. The van der Waals surface area contributed by atoms with E-state index in [-0.39, 0.29) is 5.54 Å². The molecule has 1 rings (SSSR count). The van der Waals surface area contributed by atoms with Crippen LogP contribution in [-0.4, -0.2) is 36.1 Å². The van der Waals surface area contributed by atoms with Gasteiger partial charge in [0.05, 0.1) is 0 Å².